The van der Waals surface area contributed by atoms with Crippen LogP contribution in [-0.4, -0.2) is 95.7 Å². The number of thioether (sulfide) groups is 1. The Balaban J connectivity index is 3.86. The normalized spacial score (nSPS) is 14.9. The first-order chi connectivity index (χ1) is 15.8. The van der Waals surface area contributed by atoms with Gasteiger partial charge in [0, 0.05) is 30.9 Å². The van der Waals surface area contributed by atoms with Gasteiger partial charge in [0.2, 0.25) is 5.91 Å². The number of rotatable bonds is 20. The highest BCUT2D eigenvalue weighted by Gasteiger charge is 2.47. The van der Waals surface area contributed by atoms with Crippen LogP contribution in [-0.2, 0) is 28.4 Å². The maximum Gasteiger partial charge on any atom is 0.394 e. The molecule has 34 heavy (non-hydrogen) atoms. The summed E-state index contributed by atoms with van der Waals surface area (Å²) in [7, 11) is -5.51. The number of halogens is 2. The molecule has 6 N–H and O–H groups in total. The average molecular weight is 539 g/mol. The molecule has 202 valence electrons. The third-order valence-corrected chi connectivity index (χ3v) is 6.82. The van der Waals surface area contributed by atoms with Crippen LogP contribution in [0, 0.1) is 5.92 Å². The molecule has 0 heterocycles. The minimum absolute atomic E-state index is 0.0392. The van der Waals surface area contributed by atoms with E-state index in [2.05, 4.69) is 5.32 Å². The molecule has 0 radical (unpaired) electrons. The predicted molar refractivity (Wildman–Crippen MR) is 123 cm³/mol. The highest BCUT2D eigenvalue weighted by Crippen LogP contribution is 2.54. The molecule has 3 atom stereocenters. The summed E-state index contributed by atoms with van der Waals surface area (Å²) in [5.41, 5.74) is 1.68. The summed E-state index contributed by atoms with van der Waals surface area (Å²) in [4.78, 5) is 40.7. The van der Waals surface area contributed by atoms with Crippen molar-refractivity contribution in [3.05, 3.63) is 0 Å². The number of aliphatic hydroxyl groups is 1. The molecule has 0 bridgehead atoms. The van der Waals surface area contributed by atoms with Crippen LogP contribution in [0.3, 0.4) is 0 Å². The van der Waals surface area contributed by atoms with Crippen LogP contribution in [0.1, 0.15) is 33.1 Å². The van der Waals surface area contributed by atoms with Gasteiger partial charge in [-0.25, -0.2) is 0 Å². The largest absolute Gasteiger partial charge is 0.459 e. The Hall–Kier alpha value is -0.860. The predicted octanol–water partition coefficient (Wildman–Crippen LogP) is 0.697. The lowest BCUT2D eigenvalue weighted by Gasteiger charge is -2.18. The number of amides is 1. The van der Waals surface area contributed by atoms with Crippen molar-refractivity contribution >= 4 is 31.2 Å². The maximum atomic E-state index is 13.0. The van der Waals surface area contributed by atoms with Gasteiger partial charge in [0.25, 0.3) is 0 Å². The lowest BCUT2D eigenvalue weighted by atomic mass is 10.1. The monoisotopic (exact) mass is 538 g/mol. The number of nitrogens with two attached hydrogens (primary N) is 1. The van der Waals surface area contributed by atoms with Crippen molar-refractivity contribution in [3.63, 3.8) is 0 Å². The van der Waals surface area contributed by atoms with E-state index in [1.165, 1.54) is 11.8 Å². The lowest BCUT2D eigenvalue weighted by molar-refractivity contribution is -0.150. The molecule has 15 heteroatoms. The molecule has 3 unspecified atom stereocenters. The van der Waals surface area contributed by atoms with Gasteiger partial charge in [-0.3, -0.25) is 14.2 Å². The van der Waals surface area contributed by atoms with Gasteiger partial charge in [-0.2, -0.15) is 20.5 Å². The Morgan fingerprint density at radius 2 is 1.76 bits per heavy atom. The van der Waals surface area contributed by atoms with Crippen molar-refractivity contribution in [2.75, 3.05) is 51.1 Å². The van der Waals surface area contributed by atoms with Crippen LogP contribution in [0.15, 0.2) is 0 Å². The van der Waals surface area contributed by atoms with E-state index >= 15 is 0 Å². The zero-order chi connectivity index (χ0) is 26.2. The van der Waals surface area contributed by atoms with Crippen LogP contribution in [0.4, 0.5) is 8.78 Å². The summed E-state index contributed by atoms with van der Waals surface area (Å²) in [6.45, 7) is 3.29. The number of esters is 1. The molecule has 0 aliphatic heterocycles. The number of carbonyl (C=O) groups excluding carboxylic acids is 2. The number of nitrogens with one attached hydrogen (secondary N) is 1. The minimum Gasteiger partial charge on any atom is -0.459 e. The molecular formula is C19H37F2N2O9PS. The minimum atomic E-state index is -5.51. The van der Waals surface area contributed by atoms with Crippen LogP contribution < -0.4 is 11.1 Å². The SMILES string of the molecule is CCC(C)CC(=O)OC(CO)CSCC(N)C(=O)NCCOCCOCCC(F)(F)P(=O)(O)O. The van der Waals surface area contributed by atoms with E-state index in [-0.39, 0.29) is 57.0 Å². The Labute approximate surface area is 202 Å². The van der Waals surface area contributed by atoms with Crippen molar-refractivity contribution in [1.29, 1.82) is 0 Å². The summed E-state index contributed by atoms with van der Waals surface area (Å²) in [5.74, 6) is -0.0462. The molecule has 0 saturated carbocycles. The topological polar surface area (TPSA) is 178 Å². The molecule has 0 aliphatic rings. The quantitative estimate of drug-likeness (QED) is 0.0837. The summed E-state index contributed by atoms with van der Waals surface area (Å²) in [5, 5.41) is 11.9. The second-order valence-electron chi connectivity index (χ2n) is 7.63. The molecular weight excluding hydrogens is 501 g/mol. The zero-order valence-electron chi connectivity index (χ0n) is 19.5. The van der Waals surface area contributed by atoms with Gasteiger partial charge in [-0.1, -0.05) is 20.3 Å². The maximum absolute atomic E-state index is 13.0. The van der Waals surface area contributed by atoms with Crippen LogP contribution in [0.25, 0.3) is 0 Å². The van der Waals surface area contributed by atoms with E-state index in [1.54, 1.807) is 0 Å². The van der Waals surface area contributed by atoms with Crippen LogP contribution in [0.2, 0.25) is 0 Å². The van der Waals surface area contributed by atoms with Crippen molar-refractivity contribution < 1.29 is 52.0 Å². The van der Waals surface area contributed by atoms with Crippen molar-refractivity contribution in [2.24, 2.45) is 11.7 Å². The van der Waals surface area contributed by atoms with E-state index in [0.29, 0.717) is 5.75 Å². The number of ether oxygens (including phenoxy) is 3. The third kappa shape index (κ3) is 15.2. The molecule has 0 fully saturated rings. The van der Waals surface area contributed by atoms with Crippen LogP contribution >= 0.6 is 19.4 Å². The lowest BCUT2D eigenvalue weighted by Crippen LogP contribution is -2.43. The van der Waals surface area contributed by atoms with Crippen molar-refractivity contribution in [3.8, 4) is 0 Å². The molecule has 11 nitrogen and oxygen atoms in total. The zero-order valence-corrected chi connectivity index (χ0v) is 21.2. The smallest absolute Gasteiger partial charge is 0.394 e. The van der Waals surface area contributed by atoms with Gasteiger partial charge >= 0.3 is 19.2 Å². The fourth-order valence-electron chi connectivity index (χ4n) is 2.23. The molecule has 0 aromatic rings. The first-order valence-electron chi connectivity index (χ1n) is 10.8. The van der Waals surface area contributed by atoms with Gasteiger partial charge in [0.05, 0.1) is 39.1 Å². The second kappa shape index (κ2) is 17.6. The third-order valence-electron chi connectivity index (χ3n) is 4.54. The highest BCUT2D eigenvalue weighted by molar-refractivity contribution is 7.99. The highest BCUT2D eigenvalue weighted by atomic mass is 32.2. The van der Waals surface area contributed by atoms with Gasteiger partial charge in [0.15, 0.2) is 0 Å². The average Bonchev–Trinajstić information content (AvgIpc) is 2.75. The first-order valence-corrected chi connectivity index (χ1v) is 13.6. The van der Waals surface area contributed by atoms with Gasteiger partial charge in [0.1, 0.15) is 6.10 Å². The van der Waals surface area contributed by atoms with Crippen LogP contribution in [0.5, 0.6) is 0 Å². The molecule has 0 aliphatic carbocycles. The second-order valence-corrected chi connectivity index (χ2v) is 10.4. The number of hydrogen-bond acceptors (Lipinski definition) is 9. The number of carbonyl (C=O) groups is 2. The summed E-state index contributed by atoms with van der Waals surface area (Å²) in [6, 6.07) is -0.820. The summed E-state index contributed by atoms with van der Waals surface area (Å²) >= 11 is 1.27. The summed E-state index contributed by atoms with van der Waals surface area (Å²) < 4.78 is 51.9. The van der Waals surface area contributed by atoms with E-state index in [4.69, 9.17) is 29.7 Å². The van der Waals surface area contributed by atoms with E-state index in [9.17, 15) is 28.0 Å². The molecule has 0 rings (SSSR count). The number of aliphatic hydroxyl groups excluding tert-OH is 1. The first kappa shape index (κ1) is 33.1. The van der Waals surface area contributed by atoms with E-state index in [1.807, 2.05) is 13.8 Å². The fourth-order valence-corrected chi connectivity index (χ4v) is 3.59. The Bertz CT molecular complexity index is 643. The standard InChI is InChI=1S/C19H37F2N2O9PS/c1-3-14(2)10-17(25)32-15(11-24)12-34-13-16(22)18(26)23-5-7-31-9-8-30-6-4-19(20,21)33(27,28)29/h14-16,24H,3-13,22H2,1-2H3,(H,23,26)(H2,27,28,29). The van der Waals surface area contributed by atoms with E-state index in [0.717, 1.165) is 6.42 Å². The Morgan fingerprint density at radius 3 is 2.32 bits per heavy atom. The Morgan fingerprint density at radius 1 is 1.15 bits per heavy atom. The number of alkyl halides is 2. The number of hydrogen-bond donors (Lipinski definition) is 5. The fraction of sp³-hybridized carbons (Fsp3) is 0.895. The van der Waals surface area contributed by atoms with E-state index < -0.39 is 44.3 Å². The van der Waals surface area contributed by atoms with Gasteiger partial charge in [-0.15, -0.1) is 0 Å². The molecule has 1 amide bonds. The van der Waals surface area contributed by atoms with Crippen molar-refractivity contribution in [2.45, 2.75) is 50.9 Å². The molecule has 0 aromatic heterocycles. The molecule has 0 aromatic carbocycles. The van der Waals surface area contributed by atoms with Crippen molar-refractivity contribution in [1.82, 2.24) is 5.32 Å². The summed E-state index contributed by atoms with van der Waals surface area (Å²) in [6.07, 6.45) is -0.654. The molecule has 0 saturated heterocycles. The van der Waals surface area contributed by atoms with Gasteiger partial charge < -0.3 is 40.2 Å². The van der Waals surface area contributed by atoms with Gasteiger partial charge in [-0.05, 0) is 5.92 Å². The molecule has 0 spiro atoms. The Kier molecular flexibility index (Phi) is 17.1.